The van der Waals surface area contributed by atoms with Crippen LogP contribution in [0, 0.1) is 6.92 Å². The average molecular weight is 412 g/mol. The lowest BCUT2D eigenvalue weighted by Crippen LogP contribution is -2.41. The molecule has 158 valence electrons. The molecule has 0 atom stereocenters. The molecule has 0 saturated carbocycles. The van der Waals surface area contributed by atoms with E-state index in [1.54, 1.807) is 0 Å². The number of benzene rings is 1. The summed E-state index contributed by atoms with van der Waals surface area (Å²) in [5.41, 5.74) is -0.654. The second-order valence-electron chi connectivity index (χ2n) is 6.11. The Morgan fingerprint density at radius 3 is 2.04 bits per heavy atom. The van der Waals surface area contributed by atoms with Gasteiger partial charge < -0.3 is 4.74 Å². The van der Waals surface area contributed by atoms with Crippen molar-refractivity contribution in [1.29, 1.82) is 0 Å². The molecule has 1 saturated heterocycles. The van der Waals surface area contributed by atoms with Crippen LogP contribution in [0.1, 0.15) is 58.1 Å². The molecule has 1 fully saturated rings. The molecular weight excluding hydrogens is 379 g/mol. The van der Waals surface area contributed by atoms with Crippen molar-refractivity contribution in [1.82, 2.24) is 4.31 Å². The predicted octanol–water partition coefficient (Wildman–Crippen LogP) is 5.26. The summed E-state index contributed by atoms with van der Waals surface area (Å²) in [5.74, 6) is 0.202. The van der Waals surface area contributed by atoms with Crippen LogP contribution in [0.15, 0.2) is 18.2 Å². The van der Waals surface area contributed by atoms with Crippen LogP contribution in [0.3, 0.4) is 0 Å². The van der Waals surface area contributed by atoms with Crippen LogP contribution in [0.4, 0.5) is 13.2 Å². The fourth-order valence-corrected chi connectivity index (χ4v) is 3.38. The minimum Gasteiger partial charge on any atom is -0.490 e. The number of hydrogen-bond donors (Lipinski definition) is 0. The smallest absolute Gasteiger partial charge is 0.416 e. The van der Waals surface area contributed by atoms with Crippen LogP contribution in [-0.2, 0) is 16.2 Å². The van der Waals surface area contributed by atoms with Crippen molar-refractivity contribution >= 4 is 10.0 Å². The molecule has 1 aromatic rings. The van der Waals surface area contributed by atoms with Gasteiger partial charge in [0.2, 0.25) is 10.0 Å². The summed E-state index contributed by atoms with van der Waals surface area (Å²) in [6, 6.07) is 3.85. The maximum Gasteiger partial charge on any atom is 0.416 e. The van der Waals surface area contributed by atoms with Gasteiger partial charge in [0.15, 0.2) is 0 Å². The van der Waals surface area contributed by atoms with Crippen LogP contribution >= 0.6 is 0 Å². The topological polar surface area (TPSA) is 46.6 Å². The van der Waals surface area contributed by atoms with E-state index >= 15 is 0 Å². The highest BCUT2D eigenvalue weighted by atomic mass is 32.2. The maximum atomic E-state index is 12.9. The second kappa shape index (κ2) is 11.5. The fourth-order valence-electron chi connectivity index (χ4n) is 2.51. The molecule has 1 heterocycles. The number of rotatable bonds is 3. The normalized spacial score (nSPS) is 15.9. The van der Waals surface area contributed by atoms with Crippen molar-refractivity contribution in [3.05, 3.63) is 29.3 Å². The van der Waals surface area contributed by atoms with Crippen molar-refractivity contribution in [2.45, 2.75) is 66.2 Å². The van der Waals surface area contributed by atoms with E-state index in [4.69, 9.17) is 4.74 Å². The zero-order chi connectivity index (χ0) is 21.3. The summed E-state index contributed by atoms with van der Waals surface area (Å²) >= 11 is 0. The van der Waals surface area contributed by atoms with Crippen LogP contribution in [-0.4, -0.2) is 38.2 Å². The summed E-state index contributed by atoms with van der Waals surface area (Å²) in [7, 11) is -3.23. The van der Waals surface area contributed by atoms with Gasteiger partial charge in [-0.1, -0.05) is 40.2 Å². The molecule has 2 rings (SSSR count). The standard InChI is InChI=1S/C14H18F3NO3S.C3H8.C2H6/c1-10-12(14(15,16)17)4-3-5-13(10)21-11-6-8-18(9-7-11)22(2,19)20;1-3-2;1-2/h3-5,11H,6-9H2,1-2H3;3H2,1-2H3;1-2H3. The Bertz CT molecular complexity index is 653. The fraction of sp³-hybridized carbons (Fsp3) is 0.684. The van der Waals surface area contributed by atoms with Crippen molar-refractivity contribution in [3.8, 4) is 5.75 Å². The SMILES string of the molecule is CC.CCC.Cc1c(OC2CCN(S(C)(=O)=O)CC2)cccc1C(F)(F)F. The first-order valence-corrected chi connectivity index (χ1v) is 11.1. The van der Waals surface area contributed by atoms with Gasteiger partial charge in [0.1, 0.15) is 11.9 Å². The minimum absolute atomic E-state index is 0.0561. The first-order valence-electron chi connectivity index (χ1n) is 9.29. The molecule has 0 amide bonds. The van der Waals surface area contributed by atoms with Crippen molar-refractivity contribution < 1.29 is 26.3 Å². The van der Waals surface area contributed by atoms with E-state index in [2.05, 4.69) is 13.8 Å². The predicted molar refractivity (Wildman–Crippen MR) is 104 cm³/mol. The molecule has 1 aromatic carbocycles. The van der Waals surface area contributed by atoms with Gasteiger partial charge in [0.05, 0.1) is 11.8 Å². The monoisotopic (exact) mass is 411 g/mol. The lowest BCUT2D eigenvalue weighted by Gasteiger charge is -2.31. The number of sulfonamides is 1. The largest absolute Gasteiger partial charge is 0.490 e. The van der Waals surface area contributed by atoms with E-state index in [1.165, 1.54) is 29.8 Å². The number of piperidine rings is 1. The summed E-state index contributed by atoms with van der Waals surface area (Å²) < 4.78 is 68.4. The lowest BCUT2D eigenvalue weighted by atomic mass is 10.1. The van der Waals surface area contributed by atoms with Gasteiger partial charge in [0, 0.05) is 18.7 Å². The van der Waals surface area contributed by atoms with E-state index in [0.717, 1.165) is 12.3 Å². The third-order valence-corrected chi connectivity index (χ3v) is 5.06. The van der Waals surface area contributed by atoms with Gasteiger partial charge in [-0.25, -0.2) is 12.7 Å². The van der Waals surface area contributed by atoms with Gasteiger partial charge in [0.25, 0.3) is 0 Å². The summed E-state index contributed by atoms with van der Waals surface area (Å²) in [6.07, 6.45) is -1.38. The molecule has 0 unspecified atom stereocenters. The van der Waals surface area contributed by atoms with E-state index < -0.39 is 21.8 Å². The molecule has 0 radical (unpaired) electrons. The van der Waals surface area contributed by atoms with E-state index in [0.29, 0.717) is 25.9 Å². The lowest BCUT2D eigenvalue weighted by molar-refractivity contribution is -0.138. The van der Waals surface area contributed by atoms with Gasteiger partial charge >= 0.3 is 6.18 Å². The molecule has 8 heteroatoms. The molecule has 0 spiro atoms. The highest BCUT2D eigenvalue weighted by Gasteiger charge is 2.34. The number of hydrogen-bond acceptors (Lipinski definition) is 3. The molecule has 1 aliphatic rings. The van der Waals surface area contributed by atoms with Gasteiger partial charge in [-0.05, 0) is 31.9 Å². The highest BCUT2D eigenvalue weighted by Crippen LogP contribution is 2.36. The Labute approximate surface area is 161 Å². The van der Waals surface area contributed by atoms with Crippen molar-refractivity contribution in [2.24, 2.45) is 0 Å². The average Bonchev–Trinajstić information content (AvgIpc) is 2.58. The van der Waals surface area contributed by atoms with Crippen LogP contribution in [0.2, 0.25) is 0 Å². The quantitative estimate of drug-likeness (QED) is 0.682. The molecular formula is C19H32F3NO3S. The third kappa shape index (κ3) is 8.51. The van der Waals surface area contributed by atoms with E-state index in [-0.39, 0.29) is 17.4 Å². The molecule has 0 bridgehead atoms. The minimum atomic E-state index is -4.41. The van der Waals surface area contributed by atoms with Gasteiger partial charge in [-0.15, -0.1) is 0 Å². The molecule has 0 aliphatic carbocycles. The zero-order valence-corrected chi connectivity index (χ0v) is 17.9. The van der Waals surface area contributed by atoms with Gasteiger partial charge in [-0.3, -0.25) is 0 Å². The van der Waals surface area contributed by atoms with E-state index in [1.807, 2.05) is 13.8 Å². The maximum absolute atomic E-state index is 12.9. The zero-order valence-electron chi connectivity index (χ0n) is 17.1. The summed E-state index contributed by atoms with van der Waals surface area (Å²) in [6.45, 7) is 10.3. The first-order chi connectivity index (χ1) is 12.5. The first kappa shape index (κ1) is 25.7. The molecule has 0 N–H and O–H groups in total. The number of ether oxygens (including phenoxy) is 1. The van der Waals surface area contributed by atoms with Crippen LogP contribution in [0.25, 0.3) is 0 Å². The van der Waals surface area contributed by atoms with E-state index in [9.17, 15) is 21.6 Å². The Kier molecular flexibility index (Phi) is 11.0. The Hall–Kier alpha value is -1.28. The van der Waals surface area contributed by atoms with Crippen molar-refractivity contribution in [2.75, 3.05) is 19.3 Å². The third-order valence-electron chi connectivity index (χ3n) is 3.75. The Morgan fingerprint density at radius 2 is 1.63 bits per heavy atom. The molecule has 1 aliphatic heterocycles. The molecule has 4 nitrogen and oxygen atoms in total. The number of alkyl halides is 3. The van der Waals surface area contributed by atoms with Gasteiger partial charge in [-0.2, -0.15) is 13.2 Å². The molecule has 0 aromatic heterocycles. The van der Waals surface area contributed by atoms with Crippen LogP contribution in [0.5, 0.6) is 5.75 Å². The summed E-state index contributed by atoms with van der Waals surface area (Å²) in [4.78, 5) is 0. The number of halogens is 3. The second-order valence-corrected chi connectivity index (χ2v) is 8.10. The van der Waals surface area contributed by atoms with Crippen molar-refractivity contribution in [3.63, 3.8) is 0 Å². The molecule has 27 heavy (non-hydrogen) atoms. The number of nitrogens with zero attached hydrogens (tertiary/aromatic N) is 1. The van der Waals surface area contributed by atoms with Crippen LogP contribution < -0.4 is 4.74 Å². The summed E-state index contributed by atoms with van der Waals surface area (Å²) in [5, 5.41) is 0. The highest BCUT2D eigenvalue weighted by molar-refractivity contribution is 7.88. The Morgan fingerprint density at radius 1 is 1.15 bits per heavy atom. The Balaban J connectivity index is 0.00000123.